The Balaban J connectivity index is 1.78. The largest absolute Gasteiger partial charge is 0.482 e. The number of ether oxygens (including phenoxy) is 2. The van der Waals surface area contributed by atoms with E-state index in [0.717, 1.165) is 17.7 Å². The third kappa shape index (κ3) is 5.05. The van der Waals surface area contributed by atoms with Crippen molar-refractivity contribution >= 4 is 17.6 Å². The van der Waals surface area contributed by atoms with E-state index in [1.807, 2.05) is 18.3 Å². The van der Waals surface area contributed by atoms with Crippen LogP contribution in [0.2, 0.25) is 0 Å². The maximum absolute atomic E-state index is 13.4. The van der Waals surface area contributed by atoms with E-state index < -0.39 is 35.8 Å². The molecule has 0 fully saturated rings. The normalized spacial score (nSPS) is 10.1. The molecule has 0 saturated heterocycles. The summed E-state index contributed by atoms with van der Waals surface area (Å²) in [6.45, 7) is 0.811. The third-order valence-corrected chi connectivity index (χ3v) is 2.94. The summed E-state index contributed by atoms with van der Waals surface area (Å²) in [6.07, 6.45) is 0. The van der Waals surface area contributed by atoms with Crippen molar-refractivity contribution in [2.45, 2.75) is 6.92 Å². The number of carbonyl (C=O) groups excluding carboxylic acids is 2. The Bertz CT molecular complexity index is 729. The van der Waals surface area contributed by atoms with Gasteiger partial charge >= 0.3 is 5.97 Å². The number of esters is 1. The monoisotopic (exact) mass is 335 g/mol. The highest BCUT2D eigenvalue weighted by Crippen LogP contribution is 2.17. The molecule has 2 aromatic rings. The fourth-order valence-electron chi connectivity index (χ4n) is 1.83. The average molecular weight is 335 g/mol. The Morgan fingerprint density at radius 2 is 1.71 bits per heavy atom. The Morgan fingerprint density at radius 3 is 2.38 bits per heavy atom. The predicted octanol–water partition coefficient (Wildman–Crippen LogP) is 2.83. The van der Waals surface area contributed by atoms with E-state index >= 15 is 0 Å². The molecule has 0 aliphatic rings. The first kappa shape index (κ1) is 17.4. The number of para-hydroxylation sites is 1. The van der Waals surface area contributed by atoms with Gasteiger partial charge in [-0.3, -0.25) is 4.79 Å². The highest BCUT2D eigenvalue weighted by atomic mass is 19.1. The quantitative estimate of drug-likeness (QED) is 0.825. The summed E-state index contributed by atoms with van der Waals surface area (Å²) in [7, 11) is 0. The molecule has 0 aromatic heterocycles. The lowest BCUT2D eigenvalue weighted by Crippen LogP contribution is -2.24. The van der Waals surface area contributed by atoms with E-state index in [1.54, 1.807) is 18.2 Å². The lowest BCUT2D eigenvalue weighted by atomic mass is 10.2. The molecule has 5 nitrogen and oxygen atoms in total. The Morgan fingerprint density at radius 1 is 1.04 bits per heavy atom. The molecule has 2 rings (SSSR count). The van der Waals surface area contributed by atoms with Crippen LogP contribution in [0.25, 0.3) is 0 Å². The number of amides is 1. The maximum atomic E-state index is 13.4. The van der Waals surface area contributed by atoms with Crippen molar-refractivity contribution in [3.63, 3.8) is 0 Å². The average Bonchev–Trinajstić information content (AvgIpc) is 2.54. The molecule has 24 heavy (non-hydrogen) atoms. The molecule has 0 aliphatic heterocycles. The topological polar surface area (TPSA) is 64.6 Å². The van der Waals surface area contributed by atoms with Crippen molar-refractivity contribution in [2.75, 3.05) is 18.5 Å². The van der Waals surface area contributed by atoms with Gasteiger partial charge in [0.25, 0.3) is 5.91 Å². The first-order chi connectivity index (χ1) is 11.5. The molecule has 0 atom stereocenters. The maximum Gasteiger partial charge on any atom is 0.344 e. The fourth-order valence-corrected chi connectivity index (χ4v) is 1.83. The van der Waals surface area contributed by atoms with Crippen molar-refractivity contribution in [2.24, 2.45) is 0 Å². The summed E-state index contributed by atoms with van der Waals surface area (Å²) < 4.78 is 36.6. The van der Waals surface area contributed by atoms with Crippen molar-refractivity contribution in [1.29, 1.82) is 0 Å². The van der Waals surface area contributed by atoms with Gasteiger partial charge in [0.15, 0.2) is 13.2 Å². The molecule has 0 aliphatic carbocycles. The molecule has 1 N–H and O–H groups in total. The van der Waals surface area contributed by atoms with Crippen LogP contribution in [0.1, 0.15) is 5.56 Å². The summed E-state index contributed by atoms with van der Waals surface area (Å²) in [5.41, 5.74) is 0.377. The van der Waals surface area contributed by atoms with Crippen molar-refractivity contribution in [3.05, 3.63) is 59.7 Å². The minimum atomic E-state index is -0.919. The van der Waals surface area contributed by atoms with Crippen LogP contribution in [0.3, 0.4) is 0 Å². The van der Waals surface area contributed by atoms with Crippen LogP contribution in [-0.2, 0) is 14.3 Å². The Kier molecular flexibility index (Phi) is 5.83. The van der Waals surface area contributed by atoms with Gasteiger partial charge in [-0.2, -0.15) is 0 Å². The van der Waals surface area contributed by atoms with Gasteiger partial charge in [-0.25, -0.2) is 13.6 Å². The van der Waals surface area contributed by atoms with Crippen LogP contribution in [0.15, 0.2) is 42.5 Å². The lowest BCUT2D eigenvalue weighted by Gasteiger charge is -2.09. The predicted molar refractivity (Wildman–Crippen MR) is 82.6 cm³/mol. The van der Waals surface area contributed by atoms with Gasteiger partial charge in [0.05, 0.1) is 0 Å². The van der Waals surface area contributed by atoms with Crippen LogP contribution in [0, 0.1) is 18.6 Å². The van der Waals surface area contributed by atoms with Gasteiger partial charge in [-0.1, -0.05) is 18.2 Å². The van der Waals surface area contributed by atoms with Crippen molar-refractivity contribution < 1.29 is 27.8 Å². The van der Waals surface area contributed by atoms with Crippen LogP contribution < -0.4 is 10.1 Å². The molecule has 7 heteroatoms. The zero-order valence-corrected chi connectivity index (χ0v) is 12.8. The lowest BCUT2D eigenvalue weighted by molar-refractivity contribution is -0.149. The second-order valence-electron chi connectivity index (χ2n) is 4.91. The zero-order valence-electron chi connectivity index (χ0n) is 12.8. The first-order valence-corrected chi connectivity index (χ1v) is 7.04. The second-order valence-corrected chi connectivity index (χ2v) is 4.91. The number of rotatable bonds is 6. The summed E-state index contributed by atoms with van der Waals surface area (Å²) >= 11 is 0. The van der Waals surface area contributed by atoms with Crippen molar-refractivity contribution in [1.82, 2.24) is 0 Å². The molecular weight excluding hydrogens is 320 g/mol. The first-order valence-electron chi connectivity index (χ1n) is 7.04. The highest BCUT2D eigenvalue weighted by molar-refractivity contribution is 5.93. The molecule has 1 amide bonds. The van der Waals surface area contributed by atoms with E-state index in [-0.39, 0.29) is 6.61 Å². The highest BCUT2D eigenvalue weighted by Gasteiger charge is 2.13. The second kappa shape index (κ2) is 8.05. The number of hydrogen-bond acceptors (Lipinski definition) is 4. The smallest absolute Gasteiger partial charge is 0.344 e. The number of halogens is 2. The van der Waals surface area contributed by atoms with E-state index in [2.05, 4.69) is 4.74 Å². The summed E-state index contributed by atoms with van der Waals surface area (Å²) in [6, 6.07) is 10.2. The van der Waals surface area contributed by atoms with E-state index in [1.165, 1.54) is 6.07 Å². The SMILES string of the molecule is Cc1cccc(OCC(=O)OCC(=O)Nc2c(F)cccc2F)c1. The minimum Gasteiger partial charge on any atom is -0.482 e. The van der Waals surface area contributed by atoms with Crippen LogP contribution in [0.4, 0.5) is 14.5 Å². The number of hydrogen-bond donors (Lipinski definition) is 1. The van der Waals surface area contributed by atoms with Crippen LogP contribution >= 0.6 is 0 Å². The van der Waals surface area contributed by atoms with Gasteiger partial charge in [0, 0.05) is 0 Å². The van der Waals surface area contributed by atoms with Crippen molar-refractivity contribution in [3.8, 4) is 5.75 Å². The van der Waals surface area contributed by atoms with E-state index in [0.29, 0.717) is 5.75 Å². The summed E-state index contributed by atoms with van der Waals surface area (Å²) in [5, 5.41) is 2.01. The number of anilines is 1. The molecule has 2 aromatic carbocycles. The molecule has 0 unspecified atom stereocenters. The minimum absolute atomic E-state index is 0.384. The zero-order chi connectivity index (χ0) is 17.5. The molecule has 126 valence electrons. The number of carbonyl (C=O) groups is 2. The molecule has 0 radical (unpaired) electrons. The van der Waals surface area contributed by atoms with Gasteiger partial charge < -0.3 is 14.8 Å². The third-order valence-electron chi connectivity index (χ3n) is 2.94. The van der Waals surface area contributed by atoms with E-state index in [4.69, 9.17) is 4.74 Å². The summed E-state index contributed by atoms with van der Waals surface area (Å²) in [4.78, 5) is 23.1. The van der Waals surface area contributed by atoms with Gasteiger partial charge in [0.2, 0.25) is 0 Å². The number of aryl methyl sites for hydroxylation is 1. The van der Waals surface area contributed by atoms with Gasteiger partial charge in [0.1, 0.15) is 23.1 Å². The van der Waals surface area contributed by atoms with E-state index in [9.17, 15) is 18.4 Å². The van der Waals surface area contributed by atoms with Gasteiger partial charge in [-0.05, 0) is 36.8 Å². The standard InChI is InChI=1S/C17H15F2NO4/c1-11-4-2-5-12(8-11)23-10-16(22)24-9-15(21)20-17-13(18)6-3-7-14(17)19/h2-8H,9-10H2,1H3,(H,20,21). The van der Waals surface area contributed by atoms with Crippen LogP contribution in [0.5, 0.6) is 5.75 Å². The molecule has 0 saturated carbocycles. The Hall–Kier alpha value is -2.96. The molecular formula is C17H15F2NO4. The fraction of sp³-hybridized carbons (Fsp3) is 0.176. The molecule has 0 heterocycles. The Labute approximate surface area is 137 Å². The summed E-state index contributed by atoms with van der Waals surface area (Å²) in [5.74, 6) is -2.98. The number of nitrogens with one attached hydrogen (secondary N) is 1. The van der Waals surface area contributed by atoms with Gasteiger partial charge in [-0.15, -0.1) is 0 Å². The van der Waals surface area contributed by atoms with Crippen LogP contribution in [-0.4, -0.2) is 25.1 Å². The number of benzene rings is 2. The molecule has 0 spiro atoms. The molecule has 0 bridgehead atoms.